The van der Waals surface area contributed by atoms with E-state index in [9.17, 15) is 0 Å². The first-order chi connectivity index (χ1) is 13.7. The number of hydrogen-bond acceptors (Lipinski definition) is 5. The summed E-state index contributed by atoms with van der Waals surface area (Å²) in [5.74, 6) is 1.50. The maximum atomic E-state index is 8.85. The molecule has 1 saturated carbocycles. The van der Waals surface area contributed by atoms with E-state index in [1.165, 1.54) is 12.0 Å². The quantitative estimate of drug-likeness (QED) is 0.741. The van der Waals surface area contributed by atoms with Crippen molar-refractivity contribution < 1.29 is 4.74 Å². The van der Waals surface area contributed by atoms with Crippen molar-refractivity contribution in [1.29, 1.82) is 5.26 Å². The number of likely N-dealkylation sites (tertiary alicyclic amines) is 1. The molecule has 1 aliphatic carbocycles. The number of hydrogen-bond donors (Lipinski definition) is 2. The van der Waals surface area contributed by atoms with Crippen molar-refractivity contribution in [2.75, 3.05) is 26.2 Å². The van der Waals surface area contributed by atoms with Gasteiger partial charge in [-0.1, -0.05) is 24.3 Å². The van der Waals surface area contributed by atoms with Gasteiger partial charge >= 0.3 is 0 Å². The maximum absolute atomic E-state index is 8.85. The predicted molar refractivity (Wildman–Crippen MR) is 110 cm³/mol. The van der Waals surface area contributed by atoms with Gasteiger partial charge in [0.15, 0.2) is 0 Å². The van der Waals surface area contributed by atoms with Crippen LogP contribution >= 0.6 is 0 Å². The molecule has 2 aliphatic rings. The highest BCUT2D eigenvalue weighted by molar-refractivity contribution is 5.35. The lowest BCUT2D eigenvalue weighted by atomic mass is 10.1. The van der Waals surface area contributed by atoms with E-state index in [0.29, 0.717) is 30.2 Å². The Balaban J connectivity index is 1.19. The van der Waals surface area contributed by atoms with Crippen molar-refractivity contribution in [2.24, 2.45) is 5.73 Å². The molecule has 0 amide bonds. The van der Waals surface area contributed by atoms with E-state index < -0.39 is 0 Å². The molecule has 2 fully saturated rings. The average molecular weight is 377 g/mol. The molecule has 146 valence electrons. The molecule has 0 spiro atoms. The third-order valence-corrected chi connectivity index (χ3v) is 5.73. The lowest BCUT2D eigenvalue weighted by Crippen LogP contribution is -2.33. The summed E-state index contributed by atoms with van der Waals surface area (Å²) in [4.78, 5) is 2.45. The van der Waals surface area contributed by atoms with E-state index in [0.717, 1.165) is 43.9 Å². The molecule has 0 bridgehead atoms. The normalized spacial score (nSPS) is 24.1. The Kier molecular flexibility index (Phi) is 5.92. The Bertz CT molecular complexity index is 812. The lowest BCUT2D eigenvalue weighted by Gasteiger charge is -2.15. The molecule has 28 heavy (non-hydrogen) atoms. The van der Waals surface area contributed by atoms with E-state index in [-0.39, 0.29) is 0 Å². The van der Waals surface area contributed by atoms with Gasteiger partial charge in [0.2, 0.25) is 0 Å². The Morgan fingerprint density at radius 2 is 1.93 bits per heavy atom. The van der Waals surface area contributed by atoms with Crippen LogP contribution in [0.25, 0.3) is 0 Å². The summed E-state index contributed by atoms with van der Waals surface area (Å²) in [6.07, 6.45) is 2.34. The van der Waals surface area contributed by atoms with Gasteiger partial charge < -0.3 is 20.7 Å². The standard InChI is InChI=1S/C23H28N4O/c24-14-17-1-3-18(4-2-17)16-28-21-7-5-19(6-8-21)22-13-23(22)26-10-12-27-11-9-20(25)15-27/h1-8,20,22-23,26H,9-13,15-16,25H2/t20-,22+,23-/m1/s1. The van der Waals surface area contributed by atoms with Gasteiger partial charge in [-0.25, -0.2) is 0 Å². The molecule has 4 rings (SSSR count). The zero-order chi connectivity index (χ0) is 19.3. The minimum absolute atomic E-state index is 0.367. The second-order valence-corrected chi connectivity index (χ2v) is 7.92. The Morgan fingerprint density at radius 1 is 1.14 bits per heavy atom. The molecule has 3 atom stereocenters. The van der Waals surface area contributed by atoms with Crippen LogP contribution in [0.15, 0.2) is 48.5 Å². The molecule has 5 heteroatoms. The van der Waals surface area contributed by atoms with Crippen LogP contribution < -0.4 is 15.8 Å². The summed E-state index contributed by atoms with van der Waals surface area (Å²) in [7, 11) is 0. The summed E-state index contributed by atoms with van der Waals surface area (Å²) in [5, 5.41) is 12.5. The van der Waals surface area contributed by atoms with Crippen molar-refractivity contribution in [1.82, 2.24) is 10.2 Å². The highest BCUT2D eigenvalue weighted by atomic mass is 16.5. The second-order valence-electron chi connectivity index (χ2n) is 7.92. The number of rotatable bonds is 8. The van der Waals surface area contributed by atoms with Crippen LogP contribution in [0.5, 0.6) is 5.75 Å². The smallest absolute Gasteiger partial charge is 0.119 e. The van der Waals surface area contributed by atoms with E-state index in [4.69, 9.17) is 15.7 Å². The van der Waals surface area contributed by atoms with E-state index in [2.05, 4.69) is 40.6 Å². The molecule has 3 N–H and O–H groups in total. The minimum Gasteiger partial charge on any atom is -0.489 e. The largest absolute Gasteiger partial charge is 0.489 e. The Labute approximate surface area is 167 Å². The summed E-state index contributed by atoms with van der Waals surface area (Å²) in [6, 6.07) is 19.1. The highest BCUT2D eigenvalue weighted by Crippen LogP contribution is 2.41. The number of ether oxygens (including phenoxy) is 1. The van der Waals surface area contributed by atoms with Crippen LogP contribution in [-0.2, 0) is 6.61 Å². The van der Waals surface area contributed by atoms with Gasteiger partial charge in [0.1, 0.15) is 12.4 Å². The first-order valence-corrected chi connectivity index (χ1v) is 10.1. The first-order valence-electron chi connectivity index (χ1n) is 10.1. The summed E-state index contributed by atoms with van der Waals surface area (Å²) in [6.45, 7) is 4.83. The maximum Gasteiger partial charge on any atom is 0.119 e. The molecule has 0 radical (unpaired) electrons. The van der Waals surface area contributed by atoms with E-state index in [1.54, 1.807) is 0 Å². The van der Waals surface area contributed by atoms with Crippen molar-refractivity contribution in [3.8, 4) is 11.8 Å². The number of nitrogens with one attached hydrogen (secondary N) is 1. The molecule has 1 aliphatic heterocycles. The SMILES string of the molecule is N#Cc1ccc(COc2ccc([C@@H]3C[C@H]3NCCN3CC[C@@H](N)C3)cc2)cc1. The molecule has 5 nitrogen and oxygen atoms in total. The molecule has 1 heterocycles. The minimum atomic E-state index is 0.367. The van der Waals surface area contributed by atoms with E-state index in [1.807, 2.05) is 24.3 Å². The van der Waals surface area contributed by atoms with Gasteiger partial charge in [0, 0.05) is 37.6 Å². The highest BCUT2D eigenvalue weighted by Gasteiger charge is 2.37. The van der Waals surface area contributed by atoms with Crippen LogP contribution in [-0.4, -0.2) is 43.2 Å². The van der Waals surface area contributed by atoms with Crippen LogP contribution in [0, 0.1) is 11.3 Å². The molecule has 0 aromatic heterocycles. The number of nitrogens with zero attached hydrogens (tertiary/aromatic N) is 2. The summed E-state index contributed by atoms with van der Waals surface area (Å²) < 4.78 is 5.86. The van der Waals surface area contributed by atoms with Crippen LogP contribution in [0.3, 0.4) is 0 Å². The zero-order valence-corrected chi connectivity index (χ0v) is 16.2. The van der Waals surface area contributed by atoms with Gasteiger partial charge in [-0.15, -0.1) is 0 Å². The molecular formula is C23H28N4O. The van der Waals surface area contributed by atoms with Crippen LogP contribution in [0.2, 0.25) is 0 Å². The monoisotopic (exact) mass is 376 g/mol. The zero-order valence-electron chi connectivity index (χ0n) is 16.2. The van der Waals surface area contributed by atoms with Crippen molar-refractivity contribution in [3.05, 3.63) is 65.2 Å². The number of benzene rings is 2. The molecule has 2 aromatic rings. The average Bonchev–Trinajstić information content (AvgIpc) is 3.39. The Hall–Kier alpha value is -2.39. The molecule has 1 saturated heterocycles. The van der Waals surface area contributed by atoms with Gasteiger partial charge in [0.25, 0.3) is 0 Å². The Morgan fingerprint density at radius 3 is 2.61 bits per heavy atom. The fourth-order valence-electron chi connectivity index (χ4n) is 3.92. The fourth-order valence-corrected chi connectivity index (χ4v) is 3.92. The van der Waals surface area contributed by atoms with E-state index >= 15 is 0 Å². The lowest BCUT2D eigenvalue weighted by molar-refractivity contribution is 0.306. The second kappa shape index (κ2) is 8.74. The van der Waals surface area contributed by atoms with Gasteiger partial charge in [-0.3, -0.25) is 0 Å². The number of nitriles is 1. The fraction of sp³-hybridized carbons (Fsp3) is 0.435. The predicted octanol–water partition coefficient (Wildman–Crippen LogP) is 2.62. The summed E-state index contributed by atoms with van der Waals surface area (Å²) >= 11 is 0. The van der Waals surface area contributed by atoms with Crippen molar-refractivity contribution in [3.63, 3.8) is 0 Å². The van der Waals surface area contributed by atoms with Crippen LogP contribution in [0.1, 0.15) is 35.4 Å². The van der Waals surface area contributed by atoms with Crippen LogP contribution in [0.4, 0.5) is 0 Å². The van der Waals surface area contributed by atoms with Crippen molar-refractivity contribution in [2.45, 2.75) is 37.5 Å². The first kappa shape index (κ1) is 18.9. The molecule has 0 unspecified atom stereocenters. The van der Waals surface area contributed by atoms with Crippen molar-refractivity contribution >= 4 is 0 Å². The summed E-state index contributed by atoms with van der Waals surface area (Å²) in [5.41, 5.74) is 9.08. The third kappa shape index (κ3) is 4.90. The van der Waals surface area contributed by atoms with Gasteiger partial charge in [-0.05, 0) is 54.8 Å². The van der Waals surface area contributed by atoms with Gasteiger partial charge in [0.05, 0.1) is 11.6 Å². The van der Waals surface area contributed by atoms with Gasteiger partial charge in [-0.2, -0.15) is 5.26 Å². The topological polar surface area (TPSA) is 74.3 Å². The molecular weight excluding hydrogens is 348 g/mol. The molecule has 2 aromatic carbocycles. The third-order valence-electron chi connectivity index (χ3n) is 5.73. The number of nitrogens with two attached hydrogens (primary N) is 1.